The standard InChI is InChI=1S/C7H16S2Si/c8-6-10(7-9)4-2-1-3-5-10/h8-9H,1-7H2. The molecule has 0 saturated carbocycles. The summed E-state index contributed by atoms with van der Waals surface area (Å²) in [5, 5.41) is 2.33. The second kappa shape index (κ2) is 4.07. The molecule has 0 N–H and O–H groups in total. The average Bonchev–Trinajstić information content (AvgIpc) is 2.06. The van der Waals surface area contributed by atoms with Crippen molar-refractivity contribution >= 4 is 33.3 Å². The lowest BCUT2D eigenvalue weighted by molar-refractivity contribution is 0.712. The second-order valence-electron chi connectivity index (χ2n) is 3.38. The molecule has 60 valence electrons. The first kappa shape index (κ1) is 9.01. The van der Waals surface area contributed by atoms with E-state index in [-0.39, 0.29) is 0 Å². The minimum Gasteiger partial charge on any atom is -0.182 e. The van der Waals surface area contributed by atoms with Crippen LogP contribution in [0.4, 0.5) is 0 Å². The van der Waals surface area contributed by atoms with Gasteiger partial charge in [-0.25, -0.2) is 0 Å². The van der Waals surface area contributed by atoms with E-state index in [0.29, 0.717) is 0 Å². The molecule has 0 amide bonds. The van der Waals surface area contributed by atoms with Gasteiger partial charge in [0, 0.05) is 0 Å². The Labute approximate surface area is 75.6 Å². The van der Waals surface area contributed by atoms with E-state index < -0.39 is 8.07 Å². The predicted molar refractivity (Wildman–Crippen MR) is 56.9 cm³/mol. The van der Waals surface area contributed by atoms with Crippen LogP contribution in [0.3, 0.4) is 0 Å². The van der Waals surface area contributed by atoms with Crippen molar-refractivity contribution in [1.29, 1.82) is 0 Å². The highest BCUT2D eigenvalue weighted by Gasteiger charge is 2.31. The van der Waals surface area contributed by atoms with Gasteiger partial charge in [0.1, 0.15) is 0 Å². The van der Waals surface area contributed by atoms with Gasteiger partial charge in [-0.2, -0.15) is 25.3 Å². The van der Waals surface area contributed by atoms with Gasteiger partial charge in [-0.15, -0.1) is 0 Å². The first-order valence-electron chi connectivity index (χ1n) is 4.05. The summed E-state index contributed by atoms with van der Waals surface area (Å²) in [7, 11) is -0.902. The quantitative estimate of drug-likeness (QED) is 0.488. The maximum Gasteiger partial charge on any atom is 0.0733 e. The number of rotatable bonds is 2. The fraction of sp³-hybridized carbons (Fsp3) is 1.00. The van der Waals surface area contributed by atoms with E-state index in [1.165, 1.54) is 31.4 Å². The molecule has 0 unspecified atom stereocenters. The Morgan fingerprint density at radius 1 is 0.900 bits per heavy atom. The van der Waals surface area contributed by atoms with Crippen LogP contribution in [0.15, 0.2) is 0 Å². The third-order valence-electron chi connectivity index (χ3n) is 2.59. The van der Waals surface area contributed by atoms with Crippen molar-refractivity contribution < 1.29 is 0 Å². The van der Waals surface area contributed by atoms with Crippen LogP contribution >= 0.6 is 25.3 Å². The second-order valence-corrected chi connectivity index (χ2v) is 9.91. The van der Waals surface area contributed by atoms with E-state index in [1.807, 2.05) is 0 Å². The zero-order valence-corrected chi connectivity index (χ0v) is 9.13. The SMILES string of the molecule is SC[Si]1(CS)CCCCC1. The van der Waals surface area contributed by atoms with Crippen LogP contribution in [-0.4, -0.2) is 18.8 Å². The van der Waals surface area contributed by atoms with E-state index in [1.54, 1.807) is 0 Å². The number of hydrogen-bond acceptors (Lipinski definition) is 2. The van der Waals surface area contributed by atoms with Crippen LogP contribution < -0.4 is 0 Å². The summed E-state index contributed by atoms with van der Waals surface area (Å²) in [6.07, 6.45) is 4.36. The Kier molecular flexibility index (Phi) is 3.67. The predicted octanol–water partition coefficient (Wildman–Crippen LogP) is 2.56. The summed E-state index contributed by atoms with van der Waals surface area (Å²) in [5.41, 5.74) is 0. The van der Waals surface area contributed by atoms with Gasteiger partial charge in [0.05, 0.1) is 8.07 Å². The van der Waals surface area contributed by atoms with Crippen molar-refractivity contribution in [3.63, 3.8) is 0 Å². The van der Waals surface area contributed by atoms with Gasteiger partial charge in [0.15, 0.2) is 0 Å². The van der Waals surface area contributed by atoms with Crippen LogP contribution in [0, 0.1) is 0 Å². The van der Waals surface area contributed by atoms with Gasteiger partial charge < -0.3 is 0 Å². The third kappa shape index (κ3) is 1.95. The zero-order chi connectivity index (χ0) is 7.45. The monoisotopic (exact) mass is 192 g/mol. The maximum atomic E-state index is 4.44. The highest BCUT2D eigenvalue weighted by molar-refractivity contribution is 7.85. The van der Waals surface area contributed by atoms with Gasteiger partial charge in [-0.05, 0) is 10.8 Å². The number of thiol groups is 2. The summed E-state index contributed by atoms with van der Waals surface area (Å²) < 4.78 is 0. The van der Waals surface area contributed by atoms with E-state index in [0.717, 1.165) is 10.8 Å². The highest BCUT2D eigenvalue weighted by Crippen LogP contribution is 2.29. The summed E-state index contributed by atoms with van der Waals surface area (Å²) in [5.74, 6) is 0. The molecule has 0 radical (unpaired) electrons. The van der Waals surface area contributed by atoms with Crippen molar-refractivity contribution in [2.24, 2.45) is 0 Å². The molecule has 0 atom stereocenters. The molecule has 0 aromatic carbocycles. The van der Waals surface area contributed by atoms with Gasteiger partial charge in [0.25, 0.3) is 0 Å². The lowest BCUT2D eigenvalue weighted by atomic mass is 10.3. The normalized spacial score (nSPS) is 24.6. The molecular formula is C7H16S2Si. The van der Waals surface area contributed by atoms with Gasteiger partial charge in [0.2, 0.25) is 0 Å². The molecule has 10 heavy (non-hydrogen) atoms. The van der Waals surface area contributed by atoms with Crippen molar-refractivity contribution in [3.05, 3.63) is 0 Å². The largest absolute Gasteiger partial charge is 0.182 e. The van der Waals surface area contributed by atoms with Crippen LogP contribution in [0.25, 0.3) is 0 Å². The number of hydrogen-bond donors (Lipinski definition) is 2. The topological polar surface area (TPSA) is 0 Å². The molecular weight excluding hydrogens is 176 g/mol. The average molecular weight is 192 g/mol. The summed E-state index contributed by atoms with van der Waals surface area (Å²) >= 11 is 8.88. The van der Waals surface area contributed by atoms with Gasteiger partial charge >= 0.3 is 0 Å². The molecule has 0 spiro atoms. The van der Waals surface area contributed by atoms with E-state index >= 15 is 0 Å². The smallest absolute Gasteiger partial charge is 0.0733 e. The minimum atomic E-state index is -0.902. The minimum absolute atomic E-state index is 0.902. The first-order valence-corrected chi connectivity index (χ1v) is 8.14. The van der Waals surface area contributed by atoms with Crippen LogP contribution in [0.2, 0.25) is 12.1 Å². The van der Waals surface area contributed by atoms with E-state index in [2.05, 4.69) is 25.3 Å². The van der Waals surface area contributed by atoms with Crippen molar-refractivity contribution in [2.75, 3.05) is 10.8 Å². The Morgan fingerprint density at radius 2 is 1.40 bits per heavy atom. The summed E-state index contributed by atoms with van der Waals surface area (Å²) in [4.78, 5) is 0. The molecule has 3 heteroatoms. The van der Waals surface area contributed by atoms with Gasteiger partial charge in [-0.1, -0.05) is 31.4 Å². The molecule has 0 bridgehead atoms. The zero-order valence-electron chi connectivity index (χ0n) is 6.34. The Morgan fingerprint density at radius 3 is 1.70 bits per heavy atom. The third-order valence-corrected chi connectivity index (χ3v) is 10.8. The molecule has 0 aliphatic carbocycles. The molecule has 0 aromatic rings. The Bertz CT molecular complexity index is 93.8. The summed E-state index contributed by atoms with van der Waals surface area (Å²) in [6, 6.07) is 2.97. The lowest BCUT2D eigenvalue weighted by Crippen LogP contribution is -2.41. The van der Waals surface area contributed by atoms with Crippen molar-refractivity contribution in [3.8, 4) is 0 Å². The van der Waals surface area contributed by atoms with Crippen LogP contribution in [0.5, 0.6) is 0 Å². The fourth-order valence-electron chi connectivity index (χ4n) is 1.67. The van der Waals surface area contributed by atoms with Crippen LogP contribution in [-0.2, 0) is 0 Å². The van der Waals surface area contributed by atoms with Crippen molar-refractivity contribution in [2.45, 2.75) is 31.4 Å². The Balaban J connectivity index is 2.44. The molecule has 1 aliphatic rings. The Hall–Kier alpha value is 0.917. The summed E-state index contributed by atoms with van der Waals surface area (Å²) in [6.45, 7) is 0. The molecule has 1 rings (SSSR count). The maximum absolute atomic E-state index is 4.44. The highest BCUT2D eigenvalue weighted by atomic mass is 32.1. The van der Waals surface area contributed by atoms with Crippen molar-refractivity contribution in [1.82, 2.24) is 0 Å². The molecule has 0 nitrogen and oxygen atoms in total. The molecule has 1 saturated heterocycles. The fourth-order valence-corrected chi connectivity index (χ4v) is 7.75. The molecule has 1 heterocycles. The van der Waals surface area contributed by atoms with Gasteiger partial charge in [-0.3, -0.25) is 0 Å². The molecule has 1 fully saturated rings. The van der Waals surface area contributed by atoms with Crippen LogP contribution in [0.1, 0.15) is 19.3 Å². The molecule has 1 aliphatic heterocycles. The lowest BCUT2D eigenvalue weighted by Gasteiger charge is -2.32. The first-order chi connectivity index (χ1) is 4.83. The van der Waals surface area contributed by atoms with E-state index in [4.69, 9.17) is 0 Å². The molecule has 0 aromatic heterocycles. The van der Waals surface area contributed by atoms with E-state index in [9.17, 15) is 0 Å².